The van der Waals surface area contributed by atoms with Gasteiger partial charge < -0.3 is 19.5 Å². The largest absolute Gasteiger partial charge is 0.493 e. The number of rotatable bonds is 9. The lowest BCUT2D eigenvalue weighted by atomic mass is 9.97. The van der Waals surface area contributed by atoms with Gasteiger partial charge in [0.25, 0.3) is 0 Å². The van der Waals surface area contributed by atoms with Crippen LogP contribution in [0.15, 0.2) is 53.1 Å². The number of anilines is 1. The molecule has 0 atom stereocenters. The maximum Gasteiger partial charge on any atom is 0.416 e. The Kier molecular flexibility index (Phi) is 8.76. The summed E-state index contributed by atoms with van der Waals surface area (Å²) in [7, 11) is 0. The molecular weight excluding hydrogens is 567 g/mol. The summed E-state index contributed by atoms with van der Waals surface area (Å²) in [6, 6.07) is 10.3. The molecule has 2 aromatic carbocycles. The molecule has 1 N–H and O–H groups in total. The number of halogens is 4. The third kappa shape index (κ3) is 6.75. The highest BCUT2D eigenvalue weighted by atomic mass is 79.9. The third-order valence-electron chi connectivity index (χ3n) is 6.23. The summed E-state index contributed by atoms with van der Waals surface area (Å²) in [5.74, 6) is -0.0694. The molecule has 1 aliphatic rings. The van der Waals surface area contributed by atoms with Crippen LogP contribution >= 0.6 is 15.9 Å². The summed E-state index contributed by atoms with van der Waals surface area (Å²) >= 11 is 3.43. The lowest BCUT2D eigenvalue weighted by molar-refractivity contribution is -0.142. The number of nitrogens with zero attached hydrogens (tertiary/aromatic N) is 3. The van der Waals surface area contributed by atoms with Crippen LogP contribution in [-0.2, 0) is 17.6 Å². The normalized spacial score (nSPS) is 14.4. The van der Waals surface area contributed by atoms with Gasteiger partial charge in [0, 0.05) is 34.9 Å². The number of piperidine rings is 1. The van der Waals surface area contributed by atoms with Crippen LogP contribution in [0.1, 0.15) is 37.3 Å². The summed E-state index contributed by atoms with van der Waals surface area (Å²) in [6.07, 6.45) is -1.36. The van der Waals surface area contributed by atoms with Crippen LogP contribution in [0.4, 0.5) is 19.1 Å². The number of aliphatic carboxylic acids is 1. The first-order valence-corrected chi connectivity index (χ1v) is 13.0. The Hall–Kier alpha value is -3.34. The number of hydrogen-bond acceptors (Lipinski definition) is 6. The van der Waals surface area contributed by atoms with Crippen molar-refractivity contribution in [3.8, 4) is 22.8 Å². The van der Waals surface area contributed by atoms with Crippen LogP contribution in [-0.4, -0.2) is 40.7 Å². The van der Waals surface area contributed by atoms with Crippen molar-refractivity contribution >= 4 is 27.8 Å². The average Bonchev–Trinajstić information content (AvgIpc) is 2.91. The van der Waals surface area contributed by atoms with Gasteiger partial charge in [-0.2, -0.15) is 13.2 Å². The highest BCUT2D eigenvalue weighted by molar-refractivity contribution is 9.10. The van der Waals surface area contributed by atoms with E-state index < -0.39 is 23.6 Å². The average molecular weight is 594 g/mol. The monoisotopic (exact) mass is 593 g/mol. The van der Waals surface area contributed by atoms with E-state index in [-0.39, 0.29) is 23.6 Å². The zero-order chi connectivity index (χ0) is 27.3. The standard InChI is InChI=1S/C27H27BrF3N3O4/c1-2-13-37-24-15-20(28)5-3-18(24)16-38-23-6-4-19(27(29,30)31)14-21(23)22-7-10-32-26(33-22)34-11-8-17(9-12-34)25(35)36/h3-7,10,14-15,17H,2,8-9,11-13,16H2,1H3,(H,35,36). The SMILES string of the molecule is CCCOc1cc(Br)ccc1COc1ccc(C(F)(F)F)cc1-c1ccnc(N2CCC(C(=O)O)CC2)n1. The minimum atomic E-state index is -4.55. The molecule has 4 rings (SSSR count). The molecule has 0 bridgehead atoms. The summed E-state index contributed by atoms with van der Waals surface area (Å²) in [4.78, 5) is 21.9. The van der Waals surface area contributed by atoms with Crippen molar-refractivity contribution in [2.75, 3.05) is 24.6 Å². The van der Waals surface area contributed by atoms with E-state index in [1.54, 1.807) is 0 Å². The Morgan fingerprint density at radius 3 is 2.55 bits per heavy atom. The predicted molar refractivity (Wildman–Crippen MR) is 139 cm³/mol. The Balaban J connectivity index is 1.63. The van der Waals surface area contributed by atoms with Crippen molar-refractivity contribution in [3.63, 3.8) is 0 Å². The lowest BCUT2D eigenvalue weighted by Crippen LogP contribution is -2.37. The van der Waals surface area contributed by atoms with E-state index in [2.05, 4.69) is 25.9 Å². The molecule has 0 unspecified atom stereocenters. The van der Waals surface area contributed by atoms with E-state index in [0.717, 1.165) is 28.6 Å². The van der Waals surface area contributed by atoms with Crippen molar-refractivity contribution in [2.24, 2.45) is 5.92 Å². The molecule has 1 aromatic heterocycles. The molecule has 11 heteroatoms. The number of carbonyl (C=O) groups is 1. The molecule has 1 aliphatic heterocycles. The van der Waals surface area contributed by atoms with Gasteiger partial charge in [0.05, 0.1) is 23.8 Å². The zero-order valence-electron chi connectivity index (χ0n) is 20.7. The molecule has 3 aromatic rings. The first kappa shape index (κ1) is 27.7. The zero-order valence-corrected chi connectivity index (χ0v) is 22.3. The fourth-order valence-electron chi connectivity index (χ4n) is 4.16. The minimum Gasteiger partial charge on any atom is -0.493 e. The number of ether oxygens (including phenoxy) is 2. The van der Waals surface area contributed by atoms with E-state index in [0.29, 0.717) is 44.2 Å². The third-order valence-corrected chi connectivity index (χ3v) is 6.72. The van der Waals surface area contributed by atoms with Crippen molar-refractivity contribution in [3.05, 3.63) is 64.3 Å². The van der Waals surface area contributed by atoms with Crippen molar-refractivity contribution in [2.45, 2.75) is 39.0 Å². The molecule has 2 heterocycles. The number of carboxylic acid groups (broad SMARTS) is 1. The lowest BCUT2D eigenvalue weighted by Gasteiger charge is -2.30. The first-order valence-electron chi connectivity index (χ1n) is 12.2. The van der Waals surface area contributed by atoms with E-state index in [4.69, 9.17) is 9.47 Å². The molecule has 0 spiro atoms. The number of aromatic nitrogens is 2. The fourth-order valence-corrected chi connectivity index (χ4v) is 4.50. The minimum absolute atomic E-state index is 0.0747. The van der Waals surface area contributed by atoms with Crippen molar-refractivity contribution in [1.29, 1.82) is 0 Å². The van der Waals surface area contributed by atoms with Crippen molar-refractivity contribution in [1.82, 2.24) is 9.97 Å². The van der Waals surface area contributed by atoms with Gasteiger partial charge >= 0.3 is 12.1 Å². The molecular formula is C27H27BrF3N3O4. The summed E-state index contributed by atoms with van der Waals surface area (Å²) < 4.78 is 53.5. The molecule has 0 aliphatic carbocycles. The van der Waals surface area contributed by atoms with Crippen molar-refractivity contribution < 1.29 is 32.5 Å². The maximum atomic E-state index is 13.6. The van der Waals surface area contributed by atoms with E-state index in [9.17, 15) is 23.1 Å². The quantitative estimate of drug-likeness (QED) is 0.299. The molecule has 38 heavy (non-hydrogen) atoms. The van der Waals surface area contributed by atoms with Crippen LogP contribution in [0.5, 0.6) is 11.5 Å². The van der Waals surface area contributed by atoms with Gasteiger partial charge in [0.1, 0.15) is 18.1 Å². The second-order valence-corrected chi connectivity index (χ2v) is 9.85. The molecule has 1 saturated heterocycles. The van der Waals surface area contributed by atoms with Gasteiger partial charge in [0.15, 0.2) is 0 Å². The molecule has 202 valence electrons. The number of benzene rings is 2. The Labute approximate surface area is 226 Å². The highest BCUT2D eigenvalue weighted by Gasteiger charge is 2.32. The Bertz CT molecular complexity index is 1280. The number of carboxylic acids is 1. The summed E-state index contributed by atoms with van der Waals surface area (Å²) in [5, 5.41) is 9.25. The fraction of sp³-hybridized carbons (Fsp3) is 0.370. The van der Waals surface area contributed by atoms with E-state index in [1.165, 1.54) is 18.3 Å². The number of alkyl halides is 3. The Morgan fingerprint density at radius 1 is 1.11 bits per heavy atom. The molecule has 0 amide bonds. The van der Waals surface area contributed by atoms with E-state index in [1.807, 2.05) is 30.0 Å². The second kappa shape index (κ2) is 12.0. The van der Waals surface area contributed by atoms with Crippen LogP contribution in [0.3, 0.4) is 0 Å². The summed E-state index contributed by atoms with van der Waals surface area (Å²) in [6.45, 7) is 3.47. The van der Waals surface area contributed by atoms with Crippen LogP contribution in [0, 0.1) is 5.92 Å². The van der Waals surface area contributed by atoms with Crippen LogP contribution in [0.2, 0.25) is 0 Å². The topological polar surface area (TPSA) is 84.8 Å². The van der Waals surface area contributed by atoms with Gasteiger partial charge in [-0.1, -0.05) is 28.9 Å². The first-order chi connectivity index (χ1) is 18.2. The van der Waals surface area contributed by atoms with Crippen LogP contribution in [0.25, 0.3) is 11.3 Å². The van der Waals surface area contributed by atoms with Gasteiger partial charge in [-0.15, -0.1) is 0 Å². The number of hydrogen-bond donors (Lipinski definition) is 1. The van der Waals surface area contributed by atoms with Gasteiger partial charge in [0.2, 0.25) is 5.95 Å². The highest BCUT2D eigenvalue weighted by Crippen LogP contribution is 2.38. The molecule has 1 fully saturated rings. The van der Waals surface area contributed by atoms with Crippen LogP contribution < -0.4 is 14.4 Å². The molecule has 7 nitrogen and oxygen atoms in total. The van der Waals surface area contributed by atoms with E-state index >= 15 is 0 Å². The second-order valence-electron chi connectivity index (χ2n) is 8.94. The van der Waals surface area contributed by atoms with Gasteiger partial charge in [-0.25, -0.2) is 9.97 Å². The predicted octanol–water partition coefficient (Wildman–Crippen LogP) is 6.59. The maximum absolute atomic E-state index is 13.6. The van der Waals surface area contributed by atoms with Gasteiger partial charge in [-0.3, -0.25) is 4.79 Å². The van der Waals surface area contributed by atoms with Gasteiger partial charge in [-0.05, 0) is 55.7 Å². The molecule has 0 radical (unpaired) electrons. The smallest absolute Gasteiger partial charge is 0.416 e. The Morgan fingerprint density at radius 2 is 1.87 bits per heavy atom. The summed E-state index contributed by atoms with van der Waals surface area (Å²) in [5.41, 5.74) is 0.377. The molecule has 0 saturated carbocycles.